The first kappa shape index (κ1) is 13.9. The van der Waals surface area contributed by atoms with E-state index < -0.39 is 25.0 Å². The Morgan fingerprint density at radius 1 is 1.44 bits per heavy atom. The molecule has 0 aliphatic carbocycles. The minimum absolute atomic E-state index is 0.159. The molecule has 0 spiro atoms. The summed E-state index contributed by atoms with van der Waals surface area (Å²) in [5.41, 5.74) is 0.187. The summed E-state index contributed by atoms with van der Waals surface area (Å²) in [6, 6.07) is 4.79. The zero-order valence-corrected chi connectivity index (χ0v) is 9.18. The lowest BCUT2D eigenvalue weighted by molar-refractivity contribution is -0.137. The van der Waals surface area contributed by atoms with Crippen LogP contribution in [0, 0.1) is 0 Å². The van der Waals surface area contributed by atoms with Gasteiger partial charge in [0.15, 0.2) is 0 Å². The van der Waals surface area contributed by atoms with Gasteiger partial charge < -0.3 is 15.2 Å². The average Bonchev–Trinajstić information content (AvgIpc) is 2.28. The Morgan fingerprint density at radius 2 is 2.11 bits per heavy atom. The largest absolute Gasteiger partial charge is 0.481 e. The summed E-state index contributed by atoms with van der Waals surface area (Å²) in [7, 11) is 0. The molecule has 0 heterocycles. The minimum atomic E-state index is -3.02. The fourth-order valence-electron chi connectivity index (χ4n) is 1.49. The zero-order valence-electron chi connectivity index (χ0n) is 9.18. The molecule has 0 saturated heterocycles. The normalized spacial score (nSPS) is 11.9. The molecule has 0 fully saturated rings. The summed E-state index contributed by atoms with van der Waals surface area (Å²) in [5, 5.41) is 11.0. The van der Waals surface area contributed by atoms with Crippen molar-refractivity contribution in [3.05, 3.63) is 29.8 Å². The van der Waals surface area contributed by atoms with Gasteiger partial charge in [-0.25, -0.2) is 0 Å². The maximum absolute atomic E-state index is 12.2. The van der Waals surface area contributed by atoms with Gasteiger partial charge in [-0.15, -0.1) is 0 Å². The number of carboxylic acids is 1. The second kappa shape index (κ2) is 6.53. The molecule has 0 aliphatic heterocycles. The topological polar surface area (TPSA) is 75.6 Å². The van der Waals surface area contributed by atoms with Crippen LogP contribution >= 0.6 is 0 Å². The number of para-hydroxylation sites is 1. The first-order valence-electron chi connectivity index (χ1n) is 4.99. The summed E-state index contributed by atoms with van der Waals surface area (Å²) in [4.78, 5) is 21.1. The minimum Gasteiger partial charge on any atom is -0.481 e. The highest BCUT2D eigenvalue weighted by Crippen LogP contribution is 2.28. The molecule has 1 amide bonds. The number of rotatable bonds is 7. The standard InChI is InChI=1S/C11H11F2NO4/c12-11(13)18-9-4-2-1-3-7(9)8(14-6-15)5-10(16)17/h1-4,6,8,11H,5H2,(H,14,15)(H,16,17). The fraction of sp³-hybridized carbons (Fsp3) is 0.273. The molecule has 18 heavy (non-hydrogen) atoms. The number of hydrogen-bond donors (Lipinski definition) is 2. The van der Waals surface area contributed by atoms with Gasteiger partial charge in [-0.3, -0.25) is 9.59 Å². The van der Waals surface area contributed by atoms with E-state index in [-0.39, 0.29) is 11.3 Å². The number of aliphatic carboxylic acids is 1. The molecule has 1 aromatic carbocycles. The van der Waals surface area contributed by atoms with E-state index in [4.69, 9.17) is 5.11 Å². The summed E-state index contributed by atoms with van der Waals surface area (Å²) in [5.74, 6) is -1.32. The highest BCUT2D eigenvalue weighted by molar-refractivity contribution is 5.69. The number of halogens is 2. The molecule has 0 aliphatic rings. The predicted octanol–water partition coefficient (Wildman–Crippen LogP) is 1.55. The van der Waals surface area contributed by atoms with Crippen molar-refractivity contribution in [2.24, 2.45) is 0 Å². The van der Waals surface area contributed by atoms with Crippen molar-refractivity contribution < 1.29 is 28.2 Å². The van der Waals surface area contributed by atoms with Gasteiger partial charge in [0.2, 0.25) is 6.41 Å². The maximum atomic E-state index is 12.2. The second-order valence-corrected chi connectivity index (χ2v) is 3.35. The number of amides is 1. The number of ether oxygens (including phenoxy) is 1. The third-order valence-corrected chi connectivity index (χ3v) is 2.16. The lowest BCUT2D eigenvalue weighted by Gasteiger charge is -2.18. The monoisotopic (exact) mass is 259 g/mol. The molecule has 2 N–H and O–H groups in total. The molecule has 1 rings (SSSR count). The number of nitrogens with one attached hydrogen (secondary N) is 1. The second-order valence-electron chi connectivity index (χ2n) is 3.35. The van der Waals surface area contributed by atoms with Crippen molar-refractivity contribution in [1.82, 2.24) is 5.32 Å². The van der Waals surface area contributed by atoms with Crippen LogP contribution in [-0.4, -0.2) is 24.1 Å². The summed E-state index contributed by atoms with van der Waals surface area (Å²) >= 11 is 0. The highest BCUT2D eigenvalue weighted by Gasteiger charge is 2.20. The molecule has 7 heteroatoms. The number of carbonyl (C=O) groups is 2. The zero-order chi connectivity index (χ0) is 13.5. The summed E-state index contributed by atoms with van der Waals surface area (Å²) < 4.78 is 28.6. The molecular weight excluding hydrogens is 248 g/mol. The number of hydrogen-bond acceptors (Lipinski definition) is 3. The Bertz CT molecular complexity index is 425. The van der Waals surface area contributed by atoms with Crippen LogP contribution in [0.5, 0.6) is 5.75 Å². The highest BCUT2D eigenvalue weighted by atomic mass is 19.3. The average molecular weight is 259 g/mol. The molecule has 98 valence electrons. The maximum Gasteiger partial charge on any atom is 0.387 e. The first-order chi connectivity index (χ1) is 8.54. The van der Waals surface area contributed by atoms with Crippen molar-refractivity contribution in [1.29, 1.82) is 0 Å². The van der Waals surface area contributed by atoms with Crippen LogP contribution in [0.2, 0.25) is 0 Å². The Morgan fingerprint density at radius 3 is 2.67 bits per heavy atom. The van der Waals surface area contributed by atoms with E-state index in [2.05, 4.69) is 10.1 Å². The van der Waals surface area contributed by atoms with E-state index in [1.54, 1.807) is 0 Å². The Labute approximate surface area is 101 Å². The fourth-order valence-corrected chi connectivity index (χ4v) is 1.49. The van der Waals surface area contributed by atoms with Crippen LogP contribution in [-0.2, 0) is 9.59 Å². The van der Waals surface area contributed by atoms with Crippen LogP contribution in [0.25, 0.3) is 0 Å². The van der Waals surface area contributed by atoms with Crippen molar-refractivity contribution in [3.63, 3.8) is 0 Å². The van der Waals surface area contributed by atoms with Crippen molar-refractivity contribution in [2.45, 2.75) is 19.1 Å². The van der Waals surface area contributed by atoms with Gasteiger partial charge in [0.05, 0.1) is 12.5 Å². The van der Waals surface area contributed by atoms with E-state index >= 15 is 0 Å². The Balaban J connectivity index is 3.01. The molecule has 1 atom stereocenters. The van der Waals surface area contributed by atoms with Crippen molar-refractivity contribution in [3.8, 4) is 5.75 Å². The number of carboxylic acid groups (broad SMARTS) is 1. The van der Waals surface area contributed by atoms with E-state index in [1.165, 1.54) is 24.3 Å². The van der Waals surface area contributed by atoms with Gasteiger partial charge in [-0.2, -0.15) is 8.78 Å². The Kier molecular flexibility index (Phi) is 5.04. The van der Waals surface area contributed by atoms with Crippen LogP contribution in [0.3, 0.4) is 0 Å². The summed E-state index contributed by atoms with van der Waals surface area (Å²) in [6.45, 7) is -3.02. The van der Waals surface area contributed by atoms with Crippen LogP contribution in [0.15, 0.2) is 24.3 Å². The molecule has 1 unspecified atom stereocenters. The van der Waals surface area contributed by atoms with Gasteiger partial charge in [-0.05, 0) is 6.07 Å². The third-order valence-electron chi connectivity index (χ3n) is 2.16. The quantitative estimate of drug-likeness (QED) is 0.728. The van der Waals surface area contributed by atoms with E-state index in [0.29, 0.717) is 6.41 Å². The smallest absolute Gasteiger partial charge is 0.387 e. The molecular formula is C11H11F2NO4. The third kappa shape index (κ3) is 4.00. The van der Waals surface area contributed by atoms with E-state index in [9.17, 15) is 18.4 Å². The number of alkyl halides is 2. The van der Waals surface area contributed by atoms with Crippen molar-refractivity contribution >= 4 is 12.4 Å². The molecule has 5 nitrogen and oxygen atoms in total. The first-order valence-corrected chi connectivity index (χ1v) is 4.99. The van der Waals surface area contributed by atoms with Crippen molar-refractivity contribution in [2.75, 3.05) is 0 Å². The van der Waals surface area contributed by atoms with Crippen LogP contribution < -0.4 is 10.1 Å². The van der Waals surface area contributed by atoms with Gasteiger partial charge in [0.25, 0.3) is 0 Å². The van der Waals surface area contributed by atoms with E-state index in [0.717, 1.165) is 0 Å². The Hall–Kier alpha value is -2.18. The molecule has 1 aromatic rings. The number of carbonyl (C=O) groups excluding carboxylic acids is 1. The van der Waals surface area contributed by atoms with Crippen LogP contribution in [0.1, 0.15) is 18.0 Å². The van der Waals surface area contributed by atoms with Gasteiger partial charge in [-0.1, -0.05) is 18.2 Å². The predicted molar refractivity (Wildman–Crippen MR) is 57.3 cm³/mol. The van der Waals surface area contributed by atoms with Gasteiger partial charge >= 0.3 is 12.6 Å². The number of benzene rings is 1. The van der Waals surface area contributed by atoms with Crippen LogP contribution in [0.4, 0.5) is 8.78 Å². The summed E-state index contributed by atoms with van der Waals surface area (Å²) in [6.07, 6.45) is -0.116. The SMILES string of the molecule is O=CNC(CC(=O)O)c1ccccc1OC(F)F. The van der Waals surface area contributed by atoms with E-state index in [1.807, 2.05) is 0 Å². The lowest BCUT2D eigenvalue weighted by Crippen LogP contribution is -2.23. The molecule has 0 aromatic heterocycles. The lowest BCUT2D eigenvalue weighted by atomic mass is 10.0. The molecule has 0 bridgehead atoms. The van der Waals surface area contributed by atoms with Gasteiger partial charge in [0.1, 0.15) is 5.75 Å². The molecule has 0 saturated carbocycles. The molecule has 0 radical (unpaired) electrons. The van der Waals surface area contributed by atoms with Gasteiger partial charge in [0, 0.05) is 5.56 Å².